The van der Waals surface area contributed by atoms with Gasteiger partial charge in [0.1, 0.15) is 5.82 Å². The molecule has 150 valence electrons. The maximum absolute atomic E-state index is 14.8. The molecule has 4 rings (SSSR count). The number of halogens is 1. The van der Waals surface area contributed by atoms with Crippen LogP contribution in [0.4, 0.5) is 15.8 Å². The fourth-order valence-corrected chi connectivity index (χ4v) is 4.82. The van der Waals surface area contributed by atoms with Crippen molar-refractivity contribution in [3.63, 3.8) is 0 Å². The highest BCUT2D eigenvalue weighted by Gasteiger charge is 2.28. The van der Waals surface area contributed by atoms with Crippen LogP contribution < -0.4 is 21.3 Å². The summed E-state index contributed by atoms with van der Waals surface area (Å²) in [4.78, 5) is 4.82. The van der Waals surface area contributed by atoms with Crippen LogP contribution in [-0.2, 0) is 0 Å². The summed E-state index contributed by atoms with van der Waals surface area (Å²) in [6.45, 7) is 6.16. The van der Waals surface area contributed by atoms with Crippen LogP contribution in [-0.4, -0.2) is 62.3 Å². The average Bonchev–Trinajstić information content (AvgIpc) is 2.70. The summed E-state index contributed by atoms with van der Waals surface area (Å²) in [6.07, 6.45) is 6.77. The number of nitrogens with one attached hydrogen (secondary N) is 2. The first-order chi connectivity index (χ1) is 13.2. The standard InChI is InChI=1S/C21H34FN5/c22-20-14-17(25-18-2-1-9-24-15-18)3-4-21(20)27-12-7-19(8-13-27)26-10-5-16(23)6-11-26/h3-4,14,16,18-19,24-25H,1-2,5-13,15,23H2. The van der Waals surface area contributed by atoms with Crippen LogP contribution >= 0.6 is 0 Å². The van der Waals surface area contributed by atoms with E-state index >= 15 is 0 Å². The zero-order chi connectivity index (χ0) is 18.6. The minimum Gasteiger partial charge on any atom is -0.381 e. The van der Waals surface area contributed by atoms with E-state index in [1.807, 2.05) is 12.1 Å². The summed E-state index contributed by atoms with van der Waals surface area (Å²) in [5, 5.41) is 6.86. The average molecular weight is 376 g/mol. The molecule has 1 unspecified atom stereocenters. The third kappa shape index (κ3) is 4.73. The van der Waals surface area contributed by atoms with Crippen molar-refractivity contribution >= 4 is 11.4 Å². The number of likely N-dealkylation sites (tertiary alicyclic amines) is 1. The molecule has 0 aliphatic carbocycles. The van der Waals surface area contributed by atoms with Crippen molar-refractivity contribution in [3.05, 3.63) is 24.0 Å². The van der Waals surface area contributed by atoms with Gasteiger partial charge in [-0.15, -0.1) is 0 Å². The van der Waals surface area contributed by atoms with Gasteiger partial charge >= 0.3 is 0 Å². The van der Waals surface area contributed by atoms with Crippen molar-refractivity contribution in [1.29, 1.82) is 0 Å². The van der Waals surface area contributed by atoms with Crippen molar-refractivity contribution in [2.45, 2.75) is 56.7 Å². The molecule has 3 saturated heterocycles. The monoisotopic (exact) mass is 375 g/mol. The molecule has 3 heterocycles. The number of benzene rings is 1. The second-order valence-corrected chi connectivity index (χ2v) is 8.45. The van der Waals surface area contributed by atoms with E-state index < -0.39 is 0 Å². The summed E-state index contributed by atoms with van der Waals surface area (Å²) < 4.78 is 14.8. The van der Waals surface area contributed by atoms with E-state index in [2.05, 4.69) is 20.4 Å². The molecule has 1 aromatic carbocycles. The first kappa shape index (κ1) is 19.0. The quantitative estimate of drug-likeness (QED) is 0.754. The van der Waals surface area contributed by atoms with Crippen LogP contribution in [0.5, 0.6) is 0 Å². The Hall–Kier alpha value is -1.37. The predicted molar refractivity (Wildman–Crippen MR) is 110 cm³/mol. The van der Waals surface area contributed by atoms with Gasteiger partial charge in [0.05, 0.1) is 5.69 Å². The molecule has 4 N–H and O–H groups in total. The van der Waals surface area contributed by atoms with E-state index in [-0.39, 0.29) is 5.82 Å². The lowest BCUT2D eigenvalue weighted by Crippen LogP contribution is -2.49. The Bertz CT molecular complexity index is 603. The molecule has 5 nitrogen and oxygen atoms in total. The Labute approximate surface area is 162 Å². The van der Waals surface area contributed by atoms with Crippen LogP contribution in [0.3, 0.4) is 0 Å². The van der Waals surface area contributed by atoms with Gasteiger partial charge in [0, 0.05) is 43.4 Å². The highest BCUT2D eigenvalue weighted by Crippen LogP contribution is 2.28. The molecule has 3 fully saturated rings. The van der Waals surface area contributed by atoms with Crippen LogP contribution in [0.1, 0.15) is 38.5 Å². The third-order valence-electron chi connectivity index (χ3n) is 6.51. The van der Waals surface area contributed by atoms with Crippen molar-refractivity contribution in [1.82, 2.24) is 10.2 Å². The largest absolute Gasteiger partial charge is 0.381 e. The summed E-state index contributed by atoms with van der Waals surface area (Å²) in [5.41, 5.74) is 7.67. The minimum atomic E-state index is -0.105. The van der Waals surface area contributed by atoms with Crippen LogP contribution in [0.25, 0.3) is 0 Å². The molecule has 1 atom stereocenters. The topological polar surface area (TPSA) is 56.6 Å². The maximum atomic E-state index is 14.8. The Morgan fingerprint density at radius 3 is 2.48 bits per heavy atom. The van der Waals surface area contributed by atoms with Crippen molar-refractivity contribution in [2.75, 3.05) is 49.5 Å². The van der Waals surface area contributed by atoms with Crippen LogP contribution in [0.15, 0.2) is 18.2 Å². The van der Waals surface area contributed by atoms with E-state index in [4.69, 9.17) is 5.73 Å². The smallest absolute Gasteiger partial charge is 0.148 e. The highest BCUT2D eigenvalue weighted by molar-refractivity contribution is 5.57. The molecule has 0 bridgehead atoms. The fourth-order valence-electron chi connectivity index (χ4n) is 4.82. The first-order valence-corrected chi connectivity index (χ1v) is 10.7. The lowest BCUT2D eigenvalue weighted by atomic mass is 9.98. The van der Waals surface area contributed by atoms with E-state index in [0.717, 1.165) is 82.7 Å². The number of anilines is 2. The molecule has 27 heavy (non-hydrogen) atoms. The van der Waals surface area contributed by atoms with E-state index in [0.29, 0.717) is 18.1 Å². The van der Waals surface area contributed by atoms with Gasteiger partial charge in [0.2, 0.25) is 0 Å². The summed E-state index contributed by atoms with van der Waals surface area (Å²) in [7, 11) is 0. The Morgan fingerprint density at radius 2 is 1.81 bits per heavy atom. The van der Waals surface area contributed by atoms with Crippen LogP contribution in [0.2, 0.25) is 0 Å². The number of hydrogen-bond acceptors (Lipinski definition) is 5. The molecule has 0 amide bonds. The van der Waals surface area contributed by atoms with Gasteiger partial charge in [-0.3, -0.25) is 0 Å². The number of rotatable bonds is 4. The summed E-state index contributed by atoms with van der Waals surface area (Å²) >= 11 is 0. The molecule has 3 aliphatic heterocycles. The van der Waals surface area contributed by atoms with Crippen LogP contribution in [0, 0.1) is 5.82 Å². The van der Waals surface area contributed by atoms with Gasteiger partial charge in [0.15, 0.2) is 0 Å². The van der Waals surface area contributed by atoms with Gasteiger partial charge in [-0.2, -0.15) is 0 Å². The lowest BCUT2D eigenvalue weighted by molar-refractivity contribution is 0.132. The van der Waals surface area contributed by atoms with Gasteiger partial charge in [-0.1, -0.05) is 0 Å². The van der Waals surface area contributed by atoms with E-state index in [1.54, 1.807) is 6.07 Å². The molecule has 1 aromatic rings. The van der Waals surface area contributed by atoms with Crippen molar-refractivity contribution in [2.24, 2.45) is 5.73 Å². The highest BCUT2D eigenvalue weighted by atomic mass is 19.1. The Balaban J connectivity index is 1.31. The molecule has 3 aliphatic rings. The van der Waals surface area contributed by atoms with Gasteiger partial charge in [0.25, 0.3) is 0 Å². The number of hydrogen-bond donors (Lipinski definition) is 3. The summed E-state index contributed by atoms with van der Waals surface area (Å²) in [6, 6.07) is 7.07. The normalized spacial score (nSPS) is 26.3. The zero-order valence-electron chi connectivity index (χ0n) is 16.3. The maximum Gasteiger partial charge on any atom is 0.148 e. The number of nitrogens with zero attached hydrogens (tertiary/aromatic N) is 2. The summed E-state index contributed by atoms with van der Waals surface area (Å²) in [5.74, 6) is -0.105. The Kier molecular flexibility index (Phi) is 6.15. The second kappa shape index (κ2) is 8.76. The second-order valence-electron chi connectivity index (χ2n) is 8.45. The van der Waals surface area contributed by atoms with E-state index in [9.17, 15) is 4.39 Å². The molecule has 6 heteroatoms. The van der Waals surface area contributed by atoms with E-state index in [1.165, 1.54) is 6.42 Å². The first-order valence-electron chi connectivity index (χ1n) is 10.7. The minimum absolute atomic E-state index is 0.105. The van der Waals surface area contributed by atoms with Crippen molar-refractivity contribution < 1.29 is 4.39 Å². The lowest BCUT2D eigenvalue weighted by Gasteiger charge is -2.42. The SMILES string of the molecule is NC1CCN(C2CCN(c3ccc(NC4CCCNC4)cc3F)CC2)CC1. The molecule has 0 spiro atoms. The van der Waals surface area contributed by atoms with Gasteiger partial charge in [-0.05, 0) is 76.4 Å². The Morgan fingerprint density at radius 1 is 1.04 bits per heavy atom. The fraction of sp³-hybridized carbons (Fsp3) is 0.714. The number of nitrogens with two attached hydrogens (primary N) is 1. The zero-order valence-corrected chi connectivity index (χ0v) is 16.3. The molecular weight excluding hydrogens is 341 g/mol. The molecule has 0 radical (unpaired) electrons. The number of piperidine rings is 3. The van der Waals surface area contributed by atoms with Gasteiger partial charge < -0.3 is 26.2 Å². The molecular formula is C21H34FN5. The van der Waals surface area contributed by atoms with Crippen molar-refractivity contribution in [3.8, 4) is 0 Å². The molecule has 0 aromatic heterocycles. The van der Waals surface area contributed by atoms with Gasteiger partial charge in [-0.25, -0.2) is 4.39 Å². The third-order valence-corrected chi connectivity index (χ3v) is 6.51. The molecule has 0 saturated carbocycles. The predicted octanol–water partition coefficient (Wildman–Crippen LogP) is 2.38.